The molecule has 0 aromatic carbocycles. The summed E-state index contributed by atoms with van der Waals surface area (Å²) in [6.45, 7) is 0. The van der Waals surface area contributed by atoms with Crippen LogP contribution in [-0.4, -0.2) is 49.6 Å². The quantitative estimate of drug-likeness (QED) is 0.496. The van der Waals surface area contributed by atoms with E-state index < -0.39 is 28.8 Å². The minimum Gasteiger partial charge on any atom is -0.374 e. The molecule has 0 atom stereocenters. The van der Waals surface area contributed by atoms with Crippen molar-refractivity contribution in [1.29, 1.82) is 0 Å². The van der Waals surface area contributed by atoms with E-state index in [4.69, 9.17) is 4.43 Å². The van der Waals surface area contributed by atoms with E-state index in [2.05, 4.69) is 17.9 Å². The average Bonchev–Trinajstić information content (AvgIpc) is 2.30. The average molecular weight is 280 g/mol. The van der Waals surface area contributed by atoms with E-state index in [1.807, 2.05) is 0 Å². The van der Waals surface area contributed by atoms with Crippen LogP contribution in [-0.2, 0) is 26.9 Å². The molecule has 0 saturated heterocycles. The van der Waals surface area contributed by atoms with Gasteiger partial charge in [0, 0.05) is 28.4 Å². The highest BCUT2D eigenvalue weighted by molar-refractivity contribution is 7.53. The van der Waals surface area contributed by atoms with Gasteiger partial charge in [-0.3, -0.25) is 4.57 Å². The number of rotatable bonds is 8. The van der Waals surface area contributed by atoms with Crippen LogP contribution >= 0.6 is 7.60 Å². The fraction of sp³-hybridized carbons (Fsp3) is 1.00. The fourth-order valence-electron chi connectivity index (χ4n) is 0.791. The molecule has 0 aromatic rings. The molecule has 98 valence electrons. The highest BCUT2D eigenvalue weighted by atomic mass is 31.2. The normalized spacial score (nSPS) is 13.4. The lowest BCUT2D eigenvalue weighted by Gasteiger charge is -2.26. The lowest BCUT2D eigenvalue weighted by atomic mass is 11.7. The smallest absolute Gasteiger partial charge is 0.374 e. The van der Waals surface area contributed by atoms with Crippen LogP contribution in [0.25, 0.3) is 0 Å². The zero-order valence-corrected chi connectivity index (χ0v) is 11.3. The first-order chi connectivity index (χ1) is 7.39. The van der Waals surface area contributed by atoms with Gasteiger partial charge < -0.3 is 22.3 Å². The van der Waals surface area contributed by atoms with Gasteiger partial charge in [0.2, 0.25) is 0 Å². The van der Waals surface area contributed by atoms with E-state index in [1.54, 1.807) is 0 Å². The van der Waals surface area contributed by atoms with Crippen molar-refractivity contribution >= 4 is 16.4 Å². The summed E-state index contributed by atoms with van der Waals surface area (Å²) in [7, 11) is -3.34. The lowest BCUT2D eigenvalue weighted by molar-refractivity contribution is 0.0363. The molecule has 0 aromatic heterocycles. The third-order valence-electron chi connectivity index (χ3n) is 1.82. The molecule has 16 heavy (non-hydrogen) atoms. The Labute approximate surface area is 93.7 Å². The van der Waals surface area contributed by atoms with Gasteiger partial charge in [0.25, 0.3) is 0 Å². The highest BCUT2D eigenvalue weighted by Crippen LogP contribution is 2.47. The highest BCUT2D eigenvalue weighted by Gasteiger charge is 2.52. The summed E-state index contributed by atoms with van der Waals surface area (Å²) in [6, 6.07) is -2.94. The summed E-state index contributed by atoms with van der Waals surface area (Å²) < 4.78 is 59.8. The Balaban J connectivity index is 4.61. The van der Waals surface area contributed by atoms with Gasteiger partial charge in [0.1, 0.15) is 6.35 Å². The summed E-state index contributed by atoms with van der Waals surface area (Å²) in [6.07, 6.45) is -0.655. The molecule has 0 radical (unpaired) electrons. The summed E-state index contributed by atoms with van der Waals surface area (Å²) >= 11 is 0. The van der Waals surface area contributed by atoms with Gasteiger partial charge in [-0.15, -0.1) is 0 Å². The van der Waals surface area contributed by atoms with Crippen molar-refractivity contribution in [3.05, 3.63) is 0 Å². The molecule has 0 amide bonds. The second-order valence-corrected chi connectivity index (χ2v) is 7.52. The zero-order valence-electron chi connectivity index (χ0n) is 9.44. The predicted molar refractivity (Wildman–Crippen MR) is 53.4 cm³/mol. The SMILES string of the molecule is CO[Si](OC)(OCP(=O)(OC)OC)C(F)F. The topological polar surface area (TPSA) is 63.2 Å². The summed E-state index contributed by atoms with van der Waals surface area (Å²) in [5, 5.41) is 0. The fourth-order valence-corrected chi connectivity index (χ4v) is 3.39. The first-order valence-corrected chi connectivity index (χ1v) is 7.65. The van der Waals surface area contributed by atoms with Crippen molar-refractivity contribution in [2.24, 2.45) is 0 Å². The maximum atomic E-state index is 12.7. The lowest BCUT2D eigenvalue weighted by Crippen LogP contribution is -2.51. The van der Waals surface area contributed by atoms with Crippen LogP contribution < -0.4 is 0 Å². The maximum absolute atomic E-state index is 12.7. The molecule has 0 bridgehead atoms. The molecule has 0 aliphatic rings. The van der Waals surface area contributed by atoms with Crippen LogP contribution in [0.2, 0.25) is 0 Å². The minimum absolute atomic E-state index is 0.655. The molecule has 0 N–H and O–H groups in total. The van der Waals surface area contributed by atoms with Crippen LogP contribution in [0.15, 0.2) is 0 Å². The van der Waals surface area contributed by atoms with Gasteiger partial charge in [-0.1, -0.05) is 0 Å². The Morgan fingerprint density at radius 2 is 1.56 bits per heavy atom. The van der Waals surface area contributed by atoms with Gasteiger partial charge in [0.15, 0.2) is 0 Å². The summed E-state index contributed by atoms with van der Waals surface area (Å²) in [5.41, 5.74) is 0. The third kappa shape index (κ3) is 3.84. The molecule has 0 saturated carbocycles. The molecule has 0 aliphatic heterocycles. The van der Waals surface area contributed by atoms with Gasteiger partial charge in [-0.25, -0.2) is 8.78 Å². The Hall–Kier alpha value is 0.107. The van der Waals surface area contributed by atoms with Crippen LogP contribution in [0.4, 0.5) is 8.78 Å². The van der Waals surface area contributed by atoms with Crippen molar-refractivity contribution in [3.63, 3.8) is 0 Å². The third-order valence-corrected chi connectivity index (χ3v) is 5.84. The molecule has 0 unspecified atom stereocenters. The largest absolute Gasteiger partial charge is 0.571 e. The van der Waals surface area contributed by atoms with Gasteiger partial charge in [-0.05, 0) is 0 Å². The summed E-state index contributed by atoms with van der Waals surface area (Å²) in [4.78, 5) is 0. The number of alkyl halides is 2. The molecule has 0 spiro atoms. The van der Waals surface area contributed by atoms with E-state index in [1.165, 1.54) is 0 Å². The molecular weight excluding hydrogens is 265 g/mol. The van der Waals surface area contributed by atoms with E-state index in [0.717, 1.165) is 28.4 Å². The zero-order chi connectivity index (χ0) is 12.8. The van der Waals surface area contributed by atoms with E-state index in [9.17, 15) is 13.3 Å². The van der Waals surface area contributed by atoms with Gasteiger partial charge in [0.05, 0.1) is 0 Å². The second-order valence-electron chi connectivity index (χ2n) is 2.56. The van der Waals surface area contributed by atoms with Crippen molar-refractivity contribution in [2.45, 2.75) is 6.05 Å². The Bertz CT molecular complexity index is 241. The van der Waals surface area contributed by atoms with Crippen LogP contribution in [0.3, 0.4) is 0 Å². The predicted octanol–water partition coefficient (Wildman–Crippen LogP) is 1.48. The Morgan fingerprint density at radius 1 is 1.12 bits per heavy atom. The van der Waals surface area contributed by atoms with Crippen LogP contribution in [0.1, 0.15) is 0 Å². The standard InChI is InChI=1S/C6H15F2O6PSi/c1-10-15(9,11-2)5-14-16(12-3,13-4)6(7)8/h6H,5H2,1-4H3. The number of halogens is 2. The van der Waals surface area contributed by atoms with Crippen molar-refractivity contribution in [1.82, 2.24) is 0 Å². The second kappa shape index (κ2) is 6.75. The van der Waals surface area contributed by atoms with Gasteiger partial charge in [-0.2, -0.15) is 0 Å². The van der Waals surface area contributed by atoms with Crippen molar-refractivity contribution in [3.8, 4) is 0 Å². The van der Waals surface area contributed by atoms with Crippen molar-refractivity contribution < 1.29 is 35.7 Å². The Kier molecular flexibility index (Phi) is 6.79. The van der Waals surface area contributed by atoms with Crippen molar-refractivity contribution in [2.75, 3.05) is 34.8 Å². The number of hydrogen-bond donors (Lipinski definition) is 0. The molecular formula is C6H15F2O6PSi. The molecule has 0 aliphatic carbocycles. The summed E-state index contributed by atoms with van der Waals surface area (Å²) in [5.74, 6) is 0. The maximum Gasteiger partial charge on any atom is 0.571 e. The van der Waals surface area contributed by atoms with E-state index >= 15 is 0 Å². The van der Waals surface area contributed by atoms with Crippen LogP contribution in [0, 0.1) is 0 Å². The molecule has 0 rings (SSSR count). The molecule has 6 nitrogen and oxygen atoms in total. The molecule has 0 heterocycles. The van der Waals surface area contributed by atoms with Crippen LogP contribution in [0.5, 0.6) is 0 Å². The first-order valence-electron chi connectivity index (χ1n) is 4.12. The first kappa shape index (κ1) is 16.1. The monoisotopic (exact) mass is 280 g/mol. The molecule has 10 heteroatoms. The van der Waals surface area contributed by atoms with Gasteiger partial charge >= 0.3 is 22.4 Å². The molecule has 0 fully saturated rings. The Morgan fingerprint density at radius 3 is 1.81 bits per heavy atom. The number of hydrogen-bond acceptors (Lipinski definition) is 6. The van der Waals surface area contributed by atoms with E-state index in [0.29, 0.717) is 0 Å². The van der Waals surface area contributed by atoms with E-state index in [-0.39, 0.29) is 0 Å². The minimum atomic E-state index is -4.13.